The van der Waals surface area contributed by atoms with Crippen molar-refractivity contribution in [2.24, 2.45) is 5.92 Å². The average molecular weight is 240 g/mol. The molecule has 2 aliphatic rings. The van der Waals surface area contributed by atoms with Crippen LogP contribution in [0.3, 0.4) is 0 Å². The molecule has 94 valence electrons. The fourth-order valence-corrected chi connectivity index (χ4v) is 3.68. The lowest BCUT2D eigenvalue weighted by atomic mass is 9.85. The lowest BCUT2D eigenvalue weighted by Gasteiger charge is -2.33. The molecule has 0 N–H and O–H groups in total. The Morgan fingerprint density at radius 2 is 2.06 bits per heavy atom. The van der Waals surface area contributed by atoms with Crippen LogP contribution in [0.4, 0.5) is 5.69 Å². The van der Waals surface area contributed by atoms with E-state index in [2.05, 4.69) is 23.1 Å². The quantitative estimate of drug-likeness (QED) is 0.749. The second kappa shape index (κ2) is 4.65. The summed E-state index contributed by atoms with van der Waals surface area (Å²) in [7, 11) is 0. The first kappa shape index (κ1) is 11.6. The Hall–Kier alpha value is -1.49. The van der Waals surface area contributed by atoms with Crippen LogP contribution in [0.1, 0.15) is 43.2 Å². The third-order valence-electron chi connectivity index (χ3n) is 4.67. The minimum atomic E-state index is 0.756. The van der Waals surface area contributed by atoms with E-state index in [1.807, 2.05) is 13.0 Å². The minimum Gasteiger partial charge on any atom is -0.368 e. The summed E-state index contributed by atoms with van der Waals surface area (Å²) < 4.78 is 0. The fourth-order valence-electron chi connectivity index (χ4n) is 3.68. The van der Waals surface area contributed by atoms with Gasteiger partial charge in [0.2, 0.25) is 0 Å². The summed E-state index contributed by atoms with van der Waals surface area (Å²) in [6.07, 6.45) is 6.91. The Morgan fingerprint density at radius 1 is 1.22 bits per heavy atom. The number of nitrogens with zero attached hydrogens (tertiary/aromatic N) is 2. The molecule has 0 spiro atoms. The second-order valence-corrected chi connectivity index (χ2v) is 5.70. The molecule has 0 radical (unpaired) electrons. The van der Waals surface area contributed by atoms with Crippen molar-refractivity contribution in [3.8, 4) is 6.07 Å². The van der Waals surface area contributed by atoms with Gasteiger partial charge in [-0.1, -0.05) is 12.8 Å². The summed E-state index contributed by atoms with van der Waals surface area (Å²) in [6.45, 7) is 3.23. The maximum absolute atomic E-state index is 9.00. The Labute approximate surface area is 109 Å². The first-order valence-electron chi connectivity index (χ1n) is 7.07. The molecular weight excluding hydrogens is 220 g/mol. The largest absolute Gasteiger partial charge is 0.368 e. The lowest BCUT2D eigenvalue weighted by Crippen LogP contribution is -2.34. The maximum Gasteiger partial charge on any atom is 0.0994 e. The SMILES string of the molecule is Cc1cc(N2CCC3CCCCC32)ccc1C#N. The molecule has 1 aromatic rings. The molecule has 1 saturated carbocycles. The molecule has 0 aromatic heterocycles. The van der Waals surface area contributed by atoms with Gasteiger partial charge in [0.25, 0.3) is 0 Å². The molecule has 1 aliphatic heterocycles. The number of nitriles is 1. The van der Waals surface area contributed by atoms with E-state index >= 15 is 0 Å². The van der Waals surface area contributed by atoms with Gasteiger partial charge >= 0.3 is 0 Å². The van der Waals surface area contributed by atoms with Crippen LogP contribution in [0, 0.1) is 24.2 Å². The summed E-state index contributed by atoms with van der Waals surface area (Å²) in [6, 6.07) is 9.30. The van der Waals surface area contributed by atoms with Crippen molar-refractivity contribution in [2.75, 3.05) is 11.4 Å². The highest BCUT2D eigenvalue weighted by molar-refractivity contribution is 5.55. The van der Waals surface area contributed by atoms with Gasteiger partial charge in [-0.3, -0.25) is 0 Å². The van der Waals surface area contributed by atoms with Crippen LogP contribution in [-0.2, 0) is 0 Å². The minimum absolute atomic E-state index is 0.756. The normalized spacial score (nSPS) is 26.8. The monoisotopic (exact) mass is 240 g/mol. The van der Waals surface area contributed by atoms with Gasteiger partial charge in [0.15, 0.2) is 0 Å². The fraction of sp³-hybridized carbons (Fsp3) is 0.562. The van der Waals surface area contributed by atoms with E-state index in [1.165, 1.54) is 44.3 Å². The Kier molecular flexibility index (Phi) is 2.99. The number of benzene rings is 1. The third-order valence-corrected chi connectivity index (χ3v) is 4.67. The summed E-state index contributed by atoms with van der Waals surface area (Å²) in [5.41, 5.74) is 3.23. The highest BCUT2D eigenvalue weighted by Crippen LogP contribution is 2.39. The van der Waals surface area contributed by atoms with E-state index in [9.17, 15) is 0 Å². The van der Waals surface area contributed by atoms with Gasteiger partial charge in [0.05, 0.1) is 11.6 Å². The van der Waals surface area contributed by atoms with Crippen LogP contribution in [0.2, 0.25) is 0 Å². The molecule has 18 heavy (non-hydrogen) atoms. The van der Waals surface area contributed by atoms with Crippen molar-refractivity contribution >= 4 is 5.69 Å². The van der Waals surface area contributed by atoms with Crippen molar-refractivity contribution in [3.63, 3.8) is 0 Å². The van der Waals surface area contributed by atoms with Crippen LogP contribution in [0.25, 0.3) is 0 Å². The zero-order chi connectivity index (χ0) is 12.5. The average Bonchev–Trinajstić information content (AvgIpc) is 2.82. The smallest absolute Gasteiger partial charge is 0.0994 e. The van der Waals surface area contributed by atoms with Gasteiger partial charge < -0.3 is 4.90 Å². The predicted molar refractivity (Wildman–Crippen MR) is 73.6 cm³/mol. The van der Waals surface area contributed by atoms with E-state index in [-0.39, 0.29) is 0 Å². The van der Waals surface area contributed by atoms with Crippen LogP contribution < -0.4 is 4.90 Å². The van der Waals surface area contributed by atoms with Crippen molar-refractivity contribution < 1.29 is 0 Å². The Balaban J connectivity index is 1.87. The molecule has 1 saturated heterocycles. The summed E-state index contributed by atoms with van der Waals surface area (Å²) in [4.78, 5) is 2.58. The molecule has 1 heterocycles. The van der Waals surface area contributed by atoms with E-state index in [1.54, 1.807) is 0 Å². The van der Waals surface area contributed by atoms with Crippen molar-refractivity contribution in [1.82, 2.24) is 0 Å². The molecule has 2 nitrogen and oxygen atoms in total. The van der Waals surface area contributed by atoms with Crippen molar-refractivity contribution in [2.45, 2.75) is 45.1 Å². The molecular formula is C16H20N2. The van der Waals surface area contributed by atoms with Gasteiger partial charge in [0, 0.05) is 18.3 Å². The third kappa shape index (κ3) is 1.88. The zero-order valence-electron chi connectivity index (χ0n) is 11.0. The van der Waals surface area contributed by atoms with Gasteiger partial charge in [-0.25, -0.2) is 0 Å². The van der Waals surface area contributed by atoms with Crippen LogP contribution in [-0.4, -0.2) is 12.6 Å². The van der Waals surface area contributed by atoms with E-state index in [0.29, 0.717) is 0 Å². The summed E-state index contributed by atoms with van der Waals surface area (Å²) in [5.74, 6) is 0.912. The highest BCUT2D eigenvalue weighted by Gasteiger charge is 2.35. The molecule has 2 unspecified atom stereocenters. The lowest BCUT2D eigenvalue weighted by molar-refractivity contribution is 0.342. The van der Waals surface area contributed by atoms with Gasteiger partial charge in [-0.15, -0.1) is 0 Å². The number of rotatable bonds is 1. The summed E-state index contributed by atoms with van der Waals surface area (Å²) >= 11 is 0. The molecule has 3 rings (SSSR count). The Bertz CT molecular complexity index is 486. The first-order chi connectivity index (χ1) is 8.79. The first-order valence-corrected chi connectivity index (χ1v) is 7.07. The molecule has 0 amide bonds. The molecule has 0 bridgehead atoms. The molecule has 1 aromatic carbocycles. The van der Waals surface area contributed by atoms with Crippen LogP contribution in [0.5, 0.6) is 0 Å². The zero-order valence-corrected chi connectivity index (χ0v) is 11.0. The van der Waals surface area contributed by atoms with Crippen molar-refractivity contribution in [1.29, 1.82) is 5.26 Å². The maximum atomic E-state index is 9.00. The number of hydrogen-bond donors (Lipinski definition) is 0. The van der Waals surface area contributed by atoms with Gasteiger partial charge in [-0.05, 0) is 55.9 Å². The number of aryl methyl sites for hydroxylation is 1. The number of anilines is 1. The number of hydrogen-bond acceptors (Lipinski definition) is 2. The van der Waals surface area contributed by atoms with E-state index in [4.69, 9.17) is 5.26 Å². The molecule has 2 heteroatoms. The molecule has 2 atom stereocenters. The molecule has 2 fully saturated rings. The van der Waals surface area contributed by atoms with Crippen molar-refractivity contribution in [3.05, 3.63) is 29.3 Å². The molecule has 1 aliphatic carbocycles. The van der Waals surface area contributed by atoms with Gasteiger partial charge in [-0.2, -0.15) is 5.26 Å². The number of fused-ring (bicyclic) bond motifs is 1. The summed E-state index contributed by atoms with van der Waals surface area (Å²) in [5, 5.41) is 9.00. The van der Waals surface area contributed by atoms with E-state index in [0.717, 1.165) is 23.1 Å². The predicted octanol–water partition coefficient (Wildman–Crippen LogP) is 3.64. The van der Waals surface area contributed by atoms with Crippen LogP contribution >= 0.6 is 0 Å². The Morgan fingerprint density at radius 3 is 2.83 bits per heavy atom. The topological polar surface area (TPSA) is 27.0 Å². The van der Waals surface area contributed by atoms with Gasteiger partial charge in [0.1, 0.15) is 0 Å². The standard InChI is InChI=1S/C16H20N2/c1-12-10-15(7-6-14(12)11-17)18-9-8-13-4-2-3-5-16(13)18/h6-7,10,13,16H,2-5,8-9H2,1H3. The van der Waals surface area contributed by atoms with Crippen LogP contribution in [0.15, 0.2) is 18.2 Å². The van der Waals surface area contributed by atoms with E-state index < -0.39 is 0 Å². The second-order valence-electron chi connectivity index (χ2n) is 5.70. The highest BCUT2D eigenvalue weighted by atomic mass is 15.2.